The lowest BCUT2D eigenvalue weighted by molar-refractivity contribution is -0.128. The van der Waals surface area contributed by atoms with Crippen LogP contribution in [0, 0.1) is 5.92 Å². The minimum Gasteiger partial charge on any atom is -0.342 e. The van der Waals surface area contributed by atoms with Gasteiger partial charge in [0.15, 0.2) is 0 Å². The summed E-state index contributed by atoms with van der Waals surface area (Å²) in [4.78, 5) is 26.5. The van der Waals surface area contributed by atoms with Gasteiger partial charge in [-0.3, -0.25) is 9.59 Å². The fourth-order valence-electron chi connectivity index (χ4n) is 3.72. The van der Waals surface area contributed by atoms with Crippen molar-refractivity contribution in [3.05, 3.63) is 24.3 Å². The van der Waals surface area contributed by atoms with Crippen molar-refractivity contribution in [3.8, 4) is 0 Å². The molecule has 0 spiro atoms. The predicted octanol–water partition coefficient (Wildman–Crippen LogP) is 2.45. The zero-order chi connectivity index (χ0) is 20.1. The second-order valence-corrected chi connectivity index (χ2v) is 9.51. The molecule has 0 radical (unpaired) electrons. The van der Waals surface area contributed by atoms with Crippen LogP contribution in [0.25, 0.3) is 0 Å². The Bertz CT molecular complexity index is 801. The summed E-state index contributed by atoms with van der Waals surface area (Å²) in [6, 6.07) is 6.29. The lowest BCUT2D eigenvalue weighted by atomic mass is 10.1. The van der Waals surface area contributed by atoms with Crippen LogP contribution in [0.2, 0.25) is 0 Å². The molecular formula is C20H29N3O4S. The zero-order valence-electron chi connectivity index (χ0n) is 16.4. The van der Waals surface area contributed by atoms with Crippen LogP contribution >= 0.6 is 0 Å². The first kappa shape index (κ1) is 20.8. The topological polar surface area (TPSA) is 86.8 Å². The van der Waals surface area contributed by atoms with Gasteiger partial charge in [-0.1, -0.05) is 19.8 Å². The molecule has 0 bridgehead atoms. The van der Waals surface area contributed by atoms with Crippen molar-refractivity contribution < 1.29 is 18.0 Å². The first-order valence-corrected chi connectivity index (χ1v) is 11.5. The van der Waals surface area contributed by atoms with Crippen LogP contribution in [0.15, 0.2) is 29.2 Å². The van der Waals surface area contributed by atoms with Gasteiger partial charge in [0.1, 0.15) is 0 Å². The molecule has 3 rings (SSSR count). The Labute approximate surface area is 167 Å². The summed E-state index contributed by atoms with van der Waals surface area (Å²) in [5.74, 6) is -0.531. The fourth-order valence-corrected chi connectivity index (χ4v) is 5.24. The van der Waals surface area contributed by atoms with Gasteiger partial charge < -0.3 is 10.2 Å². The summed E-state index contributed by atoms with van der Waals surface area (Å²) < 4.78 is 26.9. The summed E-state index contributed by atoms with van der Waals surface area (Å²) in [5, 5.41) is 2.81. The number of rotatable bonds is 7. The Kier molecular flexibility index (Phi) is 6.72. The molecule has 2 aliphatic heterocycles. The first-order chi connectivity index (χ1) is 13.4. The Morgan fingerprint density at radius 1 is 1.14 bits per heavy atom. The quantitative estimate of drug-likeness (QED) is 0.752. The number of sulfonamides is 1. The number of likely N-dealkylation sites (tertiary alicyclic amines) is 1. The molecular weight excluding hydrogens is 378 g/mol. The molecule has 0 aliphatic carbocycles. The third-order valence-corrected chi connectivity index (χ3v) is 7.35. The average Bonchev–Trinajstić information content (AvgIpc) is 3.08. The van der Waals surface area contributed by atoms with Crippen LogP contribution in [0.1, 0.15) is 45.4 Å². The Balaban J connectivity index is 1.60. The van der Waals surface area contributed by atoms with Gasteiger partial charge in [-0.2, -0.15) is 4.31 Å². The van der Waals surface area contributed by atoms with Crippen LogP contribution in [0.3, 0.4) is 0 Å². The number of benzene rings is 1. The standard InChI is InChI=1S/C20H29N3O4S/c1-2-3-11-22-15-16(14-19(22)24)20(25)21-17-7-9-18(10-8-17)28(26,27)23-12-5-4-6-13-23/h7-10,16H,2-6,11-15H2,1H3,(H,21,25)/t16-/m0/s1. The molecule has 0 aromatic heterocycles. The molecule has 2 fully saturated rings. The largest absolute Gasteiger partial charge is 0.342 e. The van der Waals surface area contributed by atoms with Gasteiger partial charge in [0, 0.05) is 38.3 Å². The summed E-state index contributed by atoms with van der Waals surface area (Å²) >= 11 is 0. The second-order valence-electron chi connectivity index (χ2n) is 7.57. The minimum absolute atomic E-state index is 0.0246. The van der Waals surface area contributed by atoms with Crippen molar-refractivity contribution in [2.75, 3.05) is 31.5 Å². The summed E-state index contributed by atoms with van der Waals surface area (Å²) in [7, 11) is -3.48. The van der Waals surface area contributed by atoms with Gasteiger partial charge in [0.05, 0.1) is 10.8 Å². The normalized spacial score (nSPS) is 21.1. The number of anilines is 1. The first-order valence-electron chi connectivity index (χ1n) is 10.1. The van der Waals surface area contributed by atoms with Gasteiger partial charge >= 0.3 is 0 Å². The number of carbonyl (C=O) groups is 2. The highest BCUT2D eigenvalue weighted by Gasteiger charge is 2.34. The molecule has 1 aromatic rings. The van der Waals surface area contributed by atoms with Gasteiger partial charge in [-0.15, -0.1) is 0 Å². The van der Waals surface area contributed by atoms with Gasteiger partial charge in [0.25, 0.3) is 0 Å². The Morgan fingerprint density at radius 3 is 2.46 bits per heavy atom. The number of nitrogens with one attached hydrogen (secondary N) is 1. The third-order valence-electron chi connectivity index (χ3n) is 5.44. The van der Waals surface area contributed by atoms with Gasteiger partial charge in [-0.05, 0) is 43.5 Å². The number of hydrogen-bond donors (Lipinski definition) is 1. The number of piperidine rings is 1. The van der Waals surface area contributed by atoms with Gasteiger partial charge in [-0.25, -0.2) is 8.42 Å². The van der Waals surface area contributed by atoms with Crippen molar-refractivity contribution >= 4 is 27.5 Å². The molecule has 1 N–H and O–H groups in total. The maximum absolute atomic E-state index is 12.7. The number of unbranched alkanes of at least 4 members (excludes halogenated alkanes) is 1. The van der Waals surface area contributed by atoms with E-state index in [-0.39, 0.29) is 29.0 Å². The highest BCUT2D eigenvalue weighted by molar-refractivity contribution is 7.89. The third kappa shape index (κ3) is 4.72. The lowest BCUT2D eigenvalue weighted by Gasteiger charge is -2.25. The molecule has 154 valence electrons. The van der Waals surface area contributed by atoms with Crippen LogP contribution in [0.4, 0.5) is 5.69 Å². The van der Waals surface area contributed by atoms with E-state index in [2.05, 4.69) is 12.2 Å². The number of hydrogen-bond acceptors (Lipinski definition) is 4. The predicted molar refractivity (Wildman–Crippen MR) is 107 cm³/mol. The van der Waals surface area contributed by atoms with Crippen molar-refractivity contribution in [2.45, 2.75) is 50.3 Å². The average molecular weight is 408 g/mol. The lowest BCUT2D eigenvalue weighted by Crippen LogP contribution is -2.35. The Hall–Kier alpha value is -1.93. The van der Waals surface area contributed by atoms with E-state index in [0.717, 1.165) is 32.1 Å². The summed E-state index contributed by atoms with van der Waals surface area (Å²) in [5.41, 5.74) is 0.544. The van der Waals surface area contributed by atoms with E-state index < -0.39 is 10.0 Å². The molecule has 1 aromatic carbocycles. The maximum atomic E-state index is 12.7. The molecule has 2 amide bonds. The van der Waals surface area contributed by atoms with E-state index in [9.17, 15) is 18.0 Å². The van der Waals surface area contributed by atoms with E-state index in [1.165, 1.54) is 16.4 Å². The van der Waals surface area contributed by atoms with Crippen molar-refractivity contribution in [1.82, 2.24) is 9.21 Å². The van der Waals surface area contributed by atoms with Crippen molar-refractivity contribution in [3.63, 3.8) is 0 Å². The molecule has 8 heteroatoms. The number of nitrogens with zero attached hydrogens (tertiary/aromatic N) is 2. The summed E-state index contributed by atoms with van der Waals surface area (Å²) in [6.45, 7) is 4.34. The van der Waals surface area contributed by atoms with Gasteiger partial charge in [0.2, 0.25) is 21.8 Å². The van der Waals surface area contributed by atoms with Crippen molar-refractivity contribution in [2.24, 2.45) is 5.92 Å². The SMILES string of the molecule is CCCCN1C[C@@H](C(=O)Nc2ccc(S(=O)(=O)N3CCCCC3)cc2)CC1=O. The van der Waals surface area contributed by atoms with E-state index >= 15 is 0 Å². The molecule has 0 unspecified atom stereocenters. The Morgan fingerprint density at radius 2 is 1.82 bits per heavy atom. The monoisotopic (exact) mass is 407 g/mol. The van der Waals surface area contributed by atoms with Crippen LogP contribution in [0.5, 0.6) is 0 Å². The smallest absolute Gasteiger partial charge is 0.243 e. The van der Waals surface area contributed by atoms with E-state index in [0.29, 0.717) is 31.9 Å². The van der Waals surface area contributed by atoms with Crippen molar-refractivity contribution in [1.29, 1.82) is 0 Å². The van der Waals surface area contributed by atoms with E-state index in [4.69, 9.17) is 0 Å². The number of carbonyl (C=O) groups excluding carboxylic acids is 2. The fraction of sp³-hybridized carbons (Fsp3) is 0.600. The second kappa shape index (κ2) is 9.05. The molecule has 28 heavy (non-hydrogen) atoms. The zero-order valence-corrected chi connectivity index (χ0v) is 17.2. The molecule has 2 saturated heterocycles. The van der Waals surface area contributed by atoms with E-state index in [1.54, 1.807) is 17.0 Å². The van der Waals surface area contributed by atoms with Crippen LogP contribution < -0.4 is 5.32 Å². The van der Waals surface area contributed by atoms with Crippen LogP contribution in [-0.2, 0) is 19.6 Å². The maximum Gasteiger partial charge on any atom is 0.243 e. The highest BCUT2D eigenvalue weighted by atomic mass is 32.2. The number of amides is 2. The highest BCUT2D eigenvalue weighted by Crippen LogP contribution is 2.24. The molecule has 1 atom stereocenters. The molecule has 2 heterocycles. The van der Waals surface area contributed by atoms with Crippen LogP contribution in [-0.4, -0.2) is 55.6 Å². The summed E-state index contributed by atoms with van der Waals surface area (Å²) in [6.07, 6.45) is 5.03. The minimum atomic E-state index is -3.48. The van der Waals surface area contributed by atoms with E-state index in [1.807, 2.05) is 0 Å². The molecule has 7 nitrogen and oxygen atoms in total. The molecule has 2 aliphatic rings. The molecule has 0 saturated carbocycles.